The van der Waals surface area contributed by atoms with E-state index in [0.29, 0.717) is 16.6 Å². The lowest BCUT2D eigenvalue weighted by Crippen LogP contribution is -1.96. The van der Waals surface area contributed by atoms with E-state index in [0.717, 1.165) is 48.6 Å². The second-order valence-electron chi connectivity index (χ2n) is 6.43. The van der Waals surface area contributed by atoms with Crippen molar-refractivity contribution in [3.8, 4) is 22.8 Å². The van der Waals surface area contributed by atoms with E-state index in [4.69, 9.17) is 21.0 Å². The minimum absolute atomic E-state index is 0.536. The monoisotopic (exact) mass is 381 g/mol. The molecule has 27 heavy (non-hydrogen) atoms. The van der Waals surface area contributed by atoms with Gasteiger partial charge in [-0.25, -0.2) is 15.0 Å². The number of aryl methyl sites for hydroxylation is 3. The summed E-state index contributed by atoms with van der Waals surface area (Å²) in [5, 5.41) is 0.701. The van der Waals surface area contributed by atoms with Crippen LogP contribution in [0.2, 0.25) is 5.02 Å². The summed E-state index contributed by atoms with van der Waals surface area (Å²) in [5.74, 6) is 2.24. The van der Waals surface area contributed by atoms with E-state index in [-0.39, 0.29) is 0 Å². The van der Waals surface area contributed by atoms with Crippen LogP contribution in [-0.4, -0.2) is 24.5 Å². The molecule has 0 aliphatic carbocycles. The molecule has 0 bridgehead atoms. The fourth-order valence-corrected chi connectivity index (χ4v) is 3.12. The van der Waals surface area contributed by atoms with Crippen LogP contribution in [0.5, 0.6) is 0 Å². The van der Waals surface area contributed by atoms with Crippen LogP contribution in [-0.2, 0) is 13.0 Å². The van der Waals surface area contributed by atoms with Crippen LogP contribution < -0.4 is 0 Å². The SMILES string of the molecule is Cc1nc(-c2nc(-c3ccc(Cl)cc3)c(CCCCn3ccnc3)o2)c[nH]1. The topological polar surface area (TPSA) is 72.5 Å². The van der Waals surface area contributed by atoms with Crippen LogP contribution in [0.1, 0.15) is 24.4 Å². The number of benzene rings is 1. The van der Waals surface area contributed by atoms with Crippen LogP contribution in [0, 0.1) is 6.92 Å². The van der Waals surface area contributed by atoms with E-state index in [1.165, 1.54) is 0 Å². The van der Waals surface area contributed by atoms with Crippen molar-refractivity contribution in [2.45, 2.75) is 32.7 Å². The summed E-state index contributed by atoms with van der Waals surface area (Å²) in [6, 6.07) is 7.67. The van der Waals surface area contributed by atoms with E-state index in [9.17, 15) is 0 Å². The first-order valence-electron chi connectivity index (χ1n) is 8.93. The Bertz CT molecular complexity index is 1000. The maximum absolute atomic E-state index is 6.09. The fraction of sp³-hybridized carbons (Fsp3) is 0.250. The molecule has 4 rings (SSSR count). The molecule has 0 aliphatic heterocycles. The molecular formula is C20H20ClN5O. The Morgan fingerprint density at radius 1 is 1.15 bits per heavy atom. The van der Waals surface area contributed by atoms with Gasteiger partial charge in [0.25, 0.3) is 0 Å². The zero-order valence-corrected chi connectivity index (χ0v) is 15.8. The number of halogens is 1. The number of imidazole rings is 2. The predicted octanol–water partition coefficient (Wildman–Crippen LogP) is 4.91. The highest BCUT2D eigenvalue weighted by Crippen LogP contribution is 2.30. The highest BCUT2D eigenvalue weighted by atomic mass is 35.5. The molecule has 138 valence electrons. The molecule has 0 spiro atoms. The van der Waals surface area contributed by atoms with E-state index in [2.05, 4.69) is 19.5 Å². The van der Waals surface area contributed by atoms with Gasteiger partial charge >= 0.3 is 0 Å². The molecule has 3 aromatic heterocycles. The van der Waals surface area contributed by atoms with Gasteiger partial charge < -0.3 is 14.0 Å². The summed E-state index contributed by atoms with van der Waals surface area (Å²) in [5.41, 5.74) is 2.56. The van der Waals surface area contributed by atoms with Crippen molar-refractivity contribution in [3.63, 3.8) is 0 Å². The average molecular weight is 382 g/mol. The largest absolute Gasteiger partial charge is 0.439 e. The summed E-state index contributed by atoms with van der Waals surface area (Å²) >= 11 is 6.03. The Morgan fingerprint density at radius 3 is 2.70 bits per heavy atom. The molecule has 3 heterocycles. The summed E-state index contributed by atoms with van der Waals surface area (Å²) < 4.78 is 8.17. The molecule has 6 nitrogen and oxygen atoms in total. The van der Waals surface area contributed by atoms with Crippen molar-refractivity contribution in [3.05, 3.63) is 65.8 Å². The first-order chi connectivity index (χ1) is 13.2. The number of nitrogens with one attached hydrogen (secondary N) is 1. The van der Waals surface area contributed by atoms with E-state index in [1.807, 2.05) is 49.9 Å². The number of aromatic nitrogens is 5. The molecule has 0 unspecified atom stereocenters. The third-order valence-corrected chi connectivity index (χ3v) is 4.62. The second-order valence-corrected chi connectivity index (χ2v) is 6.86. The lowest BCUT2D eigenvalue weighted by atomic mass is 10.1. The van der Waals surface area contributed by atoms with Crippen LogP contribution in [0.25, 0.3) is 22.8 Å². The molecule has 0 saturated heterocycles. The number of nitrogens with zero attached hydrogens (tertiary/aromatic N) is 4. The molecule has 7 heteroatoms. The van der Waals surface area contributed by atoms with Gasteiger partial charge in [-0.3, -0.25) is 0 Å². The molecule has 1 aromatic carbocycles. The molecule has 0 saturated carbocycles. The average Bonchev–Trinajstić information content (AvgIpc) is 3.40. The van der Waals surface area contributed by atoms with Crippen molar-refractivity contribution in [1.82, 2.24) is 24.5 Å². The van der Waals surface area contributed by atoms with Crippen LogP contribution in [0.3, 0.4) is 0 Å². The van der Waals surface area contributed by atoms with Crippen molar-refractivity contribution >= 4 is 11.6 Å². The molecular weight excluding hydrogens is 362 g/mol. The Balaban J connectivity index is 1.55. The van der Waals surface area contributed by atoms with Gasteiger partial charge in [-0.1, -0.05) is 23.7 Å². The van der Waals surface area contributed by atoms with E-state index in [1.54, 1.807) is 6.20 Å². The molecule has 0 fully saturated rings. The van der Waals surface area contributed by atoms with Crippen molar-refractivity contribution in [2.75, 3.05) is 0 Å². The Labute approximate surface area is 162 Å². The van der Waals surface area contributed by atoms with Gasteiger partial charge in [-0.05, 0) is 31.9 Å². The molecule has 0 atom stereocenters. The number of hydrogen-bond donors (Lipinski definition) is 1. The van der Waals surface area contributed by atoms with E-state index < -0.39 is 0 Å². The lowest BCUT2D eigenvalue weighted by molar-refractivity contribution is 0.497. The minimum Gasteiger partial charge on any atom is -0.439 e. The van der Waals surface area contributed by atoms with Gasteiger partial charge in [0.15, 0.2) is 0 Å². The molecule has 0 amide bonds. The quantitative estimate of drug-likeness (QED) is 0.461. The second kappa shape index (κ2) is 7.80. The Hall–Kier alpha value is -2.86. The first-order valence-corrected chi connectivity index (χ1v) is 9.30. The van der Waals surface area contributed by atoms with Gasteiger partial charge in [-0.2, -0.15) is 0 Å². The molecule has 1 N–H and O–H groups in total. The number of unbranched alkanes of at least 4 members (excludes halogenated alkanes) is 1. The van der Waals surface area contributed by atoms with Crippen LogP contribution in [0.4, 0.5) is 0 Å². The van der Waals surface area contributed by atoms with Gasteiger partial charge in [0.1, 0.15) is 23.0 Å². The molecule has 4 aromatic rings. The van der Waals surface area contributed by atoms with Crippen LogP contribution >= 0.6 is 11.6 Å². The number of aromatic amines is 1. The summed E-state index contributed by atoms with van der Waals surface area (Å²) in [6.07, 6.45) is 10.3. The zero-order chi connectivity index (χ0) is 18.6. The third kappa shape index (κ3) is 4.11. The third-order valence-electron chi connectivity index (χ3n) is 4.37. The zero-order valence-electron chi connectivity index (χ0n) is 15.0. The summed E-state index contributed by atoms with van der Waals surface area (Å²) in [4.78, 5) is 16.3. The maximum Gasteiger partial charge on any atom is 0.247 e. The van der Waals surface area contributed by atoms with Gasteiger partial charge in [0.05, 0.1) is 6.33 Å². The molecule has 0 aliphatic rings. The summed E-state index contributed by atoms with van der Waals surface area (Å²) in [6.45, 7) is 2.85. The minimum atomic E-state index is 0.536. The first kappa shape index (κ1) is 17.5. The van der Waals surface area contributed by atoms with E-state index >= 15 is 0 Å². The number of oxazole rings is 1. The van der Waals surface area contributed by atoms with Gasteiger partial charge in [0, 0.05) is 42.1 Å². The smallest absolute Gasteiger partial charge is 0.247 e. The lowest BCUT2D eigenvalue weighted by Gasteiger charge is -2.03. The van der Waals surface area contributed by atoms with Crippen molar-refractivity contribution < 1.29 is 4.42 Å². The Morgan fingerprint density at radius 2 is 2.00 bits per heavy atom. The number of H-pyrrole nitrogens is 1. The van der Waals surface area contributed by atoms with Crippen molar-refractivity contribution in [2.24, 2.45) is 0 Å². The predicted molar refractivity (Wildman–Crippen MR) is 104 cm³/mol. The normalized spacial score (nSPS) is 11.2. The highest BCUT2D eigenvalue weighted by Gasteiger charge is 2.17. The Kier molecular flexibility index (Phi) is 5.07. The van der Waals surface area contributed by atoms with Gasteiger partial charge in [0.2, 0.25) is 5.89 Å². The number of hydrogen-bond acceptors (Lipinski definition) is 4. The highest BCUT2D eigenvalue weighted by molar-refractivity contribution is 6.30. The maximum atomic E-state index is 6.09. The molecule has 0 radical (unpaired) electrons. The summed E-state index contributed by atoms with van der Waals surface area (Å²) in [7, 11) is 0. The number of rotatable bonds is 7. The standard InChI is InChI=1S/C20H20ClN5O/c1-14-23-12-17(24-14)20-25-19(15-5-7-16(21)8-6-15)18(27-20)4-2-3-10-26-11-9-22-13-26/h5-9,11-13H,2-4,10H2,1H3,(H,23,24). The fourth-order valence-electron chi connectivity index (χ4n) is 2.99. The van der Waals surface area contributed by atoms with Gasteiger partial charge in [-0.15, -0.1) is 0 Å². The van der Waals surface area contributed by atoms with Crippen LogP contribution in [0.15, 0.2) is 53.6 Å². The van der Waals surface area contributed by atoms with Crippen molar-refractivity contribution in [1.29, 1.82) is 0 Å².